The van der Waals surface area contributed by atoms with E-state index in [1.807, 2.05) is 23.5 Å². The molecule has 0 N–H and O–H groups in total. The molecule has 0 aliphatic carbocycles. The second-order valence-electron chi connectivity index (χ2n) is 12.7. The van der Waals surface area contributed by atoms with Gasteiger partial charge in [-0.05, 0) is 63.0 Å². The van der Waals surface area contributed by atoms with Gasteiger partial charge in [0.25, 0.3) is 0 Å². The molecule has 0 spiro atoms. The lowest BCUT2D eigenvalue weighted by atomic mass is 9.84. The van der Waals surface area contributed by atoms with Gasteiger partial charge in [0.05, 0.1) is 5.39 Å². The van der Waals surface area contributed by atoms with E-state index in [4.69, 9.17) is 8.83 Å². The van der Waals surface area contributed by atoms with Crippen molar-refractivity contribution < 1.29 is 8.83 Å². The second kappa shape index (κ2) is 10.2. The first kappa shape index (κ1) is 26.9. The Morgan fingerprint density at radius 3 is 1.71 bits per heavy atom. The third-order valence-corrected chi connectivity index (χ3v) is 11.2. The van der Waals surface area contributed by atoms with Crippen molar-refractivity contribution in [3.05, 3.63) is 158 Å². The molecule has 11 rings (SSSR count). The number of thiophene rings is 1. The fraction of sp³-hybridized carbons (Fsp3) is 0. The summed E-state index contributed by atoms with van der Waals surface area (Å²) >= 11 is 1.86. The van der Waals surface area contributed by atoms with Gasteiger partial charge in [0, 0.05) is 47.6 Å². The fourth-order valence-corrected chi connectivity index (χ4v) is 9.14. The Bertz CT molecular complexity index is 3050. The Kier molecular flexibility index (Phi) is 5.57. The molecule has 0 unspecified atom stereocenters. The molecule has 0 bridgehead atoms. The summed E-state index contributed by atoms with van der Waals surface area (Å²) in [5, 5.41) is 10.6. The summed E-state index contributed by atoms with van der Waals surface area (Å²) in [5.74, 6) is 0.848. The van der Waals surface area contributed by atoms with E-state index in [9.17, 15) is 0 Å². The maximum Gasteiger partial charge on any atom is 0.147 e. The van der Waals surface area contributed by atoms with Crippen molar-refractivity contribution >= 4 is 86.0 Å². The number of rotatable bonds is 3. The maximum absolute atomic E-state index is 6.81. The predicted molar refractivity (Wildman–Crippen MR) is 208 cm³/mol. The van der Waals surface area contributed by atoms with Crippen molar-refractivity contribution in [1.82, 2.24) is 0 Å². The largest absolute Gasteiger partial charge is 0.455 e. The van der Waals surface area contributed by atoms with Gasteiger partial charge in [-0.3, -0.25) is 0 Å². The summed E-state index contributed by atoms with van der Waals surface area (Å²) < 4.78 is 16.1. The van der Waals surface area contributed by atoms with E-state index in [0.717, 1.165) is 49.8 Å². The van der Waals surface area contributed by atoms with Gasteiger partial charge in [-0.25, -0.2) is 0 Å². The van der Waals surface area contributed by atoms with Crippen LogP contribution in [0, 0.1) is 0 Å². The van der Waals surface area contributed by atoms with Crippen molar-refractivity contribution in [3.8, 4) is 33.6 Å². The van der Waals surface area contributed by atoms with Crippen LogP contribution in [0.15, 0.2) is 167 Å². The molecule has 0 radical (unpaired) electrons. The Hall–Kier alpha value is -6.16. The van der Waals surface area contributed by atoms with Gasteiger partial charge in [-0.15, -0.1) is 11.3 Å². The molecule has 2 nitrogen and oxygen atoms in total. The van der Waals surface area contributed by atoms with E-state index in [-0.39, 0.29) is 0 Å². The molecule has 0 aliphatic heterocycles. The van der Waals surface area contributed by atoms with E-state index >= 15 is 0 Å². The molecule has 3 aromatic heterocycles. The molecule has 0 atom stereocenters. The SMILES string of the molecule is c1ccc(-c2cc3cc(-c4c5ccccc5c(-c5cccc6sc7ccccc7c56)c5ccccc45)c4oc5ccccc5c4c3o2)cc1. The number of hydrogen-bond donors (Lipinski definition) is 0. The molecule has 0 saturated heterocycles. The summed E-state index contributed by atoms with van der Waals surface area (Å²) in [5.41, 5.74) is 8.37. The molecule has 0 aliphatic rings. The Morgan fingerprint density at radius 2 is 0.980 bits per heavy atom. The molecule has 11 aromatic rings. The zero-order valence-corrected chi connectivity index (χ0v) is 27.1. The molecular formula is C46H26O2S. The first-order valence-electron chi connectivity index (χ1n) is 16.6. The molecule has 3 heteroatoms. The minimum atomic E-state index is 0.844. The van der Waals surface area contributed by atoms with Crippen LogP contribution < -0.4 is 0 Å². The van der Waals surface area contributed by atoms with Crippen molar-refractivity contribution in [3.63, 3.8) is 0 Å². The third-order valence-electron chi connectivity index (χ3n) is 10.1. The summed E-state index contributed by atoms with van der Waals surface area (Å²) in [6.45, 7) is 0. The lowest BCUT2D eigenvalue weighted by Gasteiger charge is -2.18. The lowest BCUT2D eigenvalue weighted by Crippen LogP contribution is -1.91. The number of furan rings is 2. The van der Waals surface area contributed by atoms with E-state index < -0.39 is 0 Å². The minimum absolute atomic E-state index is 0.844. The van der Waals surface area contributed by atoms with Crippen molar-refractivity contribution in [2.45, 2.75) is 0 Å². The van der Waals surface area contributed by atoms with Crippen LogP contribution in [0.25, 0.3) is 108 Å². The zero-order valence-electron chi connectivity index (χ0n) is 26.2. The van der Waals surface area contributed by atoms with Crippen LogP contribution in [0.3, 0.4) is 0 Å². The molecule has 8 aromatic carbocycles. The van der Waals surface area contributed by atoms with Gasteiger partial charge in [-0.1, -0.05) is 127 Å². The van der Waals surface area contributed by atoms with E-state index in [1.54, 1.807) is 0 Å². The molecule has 228 valence electrons. The smallest absolute Gasteiger partial charge is 0.147 e. The number of hydrogen-bond acceptors (Lipinski definition) is 3. The number of fused-ring (bicyclic) bond motifs is 10. The van der Waals surface area contributed by atoms with E-state index in [0.29, 0.717) is 0 Å². The zero-order chi connectivity index (χ0) is 32.1. The molecule has 3 heterocycles. The van der Waals surface area contributed by atoms with Gasteiger partial charge in [0.2, 0.25) is 0 Å². The summed E-state index contributed by atoms with van der Waals surface area (Å²) in [6, 6.07) is 56.4. The van der Waals surface area contributed by atoms with Crippen LogP contribution in [-0.2, 0) is 0 Å². The highest BCUT2D eigenvalue weighted by Gasteiger charge is 2.24. The van der Waals surface area contributed by atoms with Gasteiger partial charge in [0.15, 0.2) is 0 Å². The summed E-state index contributed by atoms with van der Waals surface area (Å²) in [4.78, 5) is 0. The second-order valence-corrected chi connectivity index (χ2v) is 13.8. The Balaban J connectivity index is 1.30. The molecule has 49 heavy (non-hydrogen) atoms. The fourth-order valence-electron chi connectivity index (χ4n) is 8.01. The first-order valence-corrected chi connectivity index (χ1v) is 17.4. The van der Waals surface area contributed by atoms with Crippen molar-refractivity contribution in [1.29, 1.82) is 0 Å². The van der Waals surface area contributed by atoms with E-state index in [2.05, 4.69) is 146 Å². The number of para-hydroxylation sites is 1. The molecular weight excluding hydrogens is 617 g/mol. The quantitative estimate of drug-likeness (QED) is 0.179. The Labute approximate surface area is 285 Å². The number of benzene rings is 8. The van der Waals surface area contributed by atoms with E-state index in [1.165, 1.54) is 58.4 Å². The summed E-state index contributed by atoms with van der Waals surface area (Å²) in [7, 11) is 0. The standard InChI is InChI=1S/C46H26O2S/c1-2-13-27(14-3-1)38-26-28-25-36(46-44(45(28)48-38)33-19-8-10-22-37(33)47-46)42-31-17-6-4-15-29(31)41(30-16-5-7-18-32(30)42)35-21-12-24-40-43(35)34-20-9-11-23-39(34)49-40/h1-26H. The lowest BCUT2D eigenvalue weighted by molar-refractivity contribution is 0.633. The van der Waals surface area contributed by atoms with Crippen LogP contribution in [-0.4, -0.2) is 0 Å². The first-order chi connectivity index (χ1) is 24.3. The molecule has 0 fully saturated rings. The van der Waals surface area contributed by atoms with Crippen molar-refractivity contribution in [2.75, 3.05) is 0 Å². The van der Waals surface area contributed by atoms with Crippen LogP contribution in [0.5, 0.6) is 0 Å². The molecule has 0 saturated carbocycles. The van der Waals surface area contributed by atoms with Crippen LogP contribution in [0.4, 0.5) is 0 Å². The van der Waals surface area contributed by atoms with Crippen LogP contribution >= 0.6 is 11.3 Å². The maximum atomic E-state index is 6.81. The van der Waals surface area contributed by atoms with Gasteiger partial charge < -0.3 is 8.83 Å². The highest BCUT2D eigenvalue weighted by atomic mass is 32.1. The average molecular weight is 643 g/mol. The summed E-state index contributed by atoms with van der Waals surface area (Å²) in [6.07, 6.45) is 0. The van der Waals surface area contributed by atoms with Gasteiger partial charge in [-0.2, -0.15) is 0 Å². The van der Waals surface area contributed by atoms with Gasteiger partial charge >= 0.3 is 0 Å². The highest BCUT2D eigenvalue weighted by Crippen LogP contribution is 2.50. The van der Waals surface area contributed by atoms with Crippen LogP contribution in [0.1, 0.15) is 0 Å². The van der Waals surface area contributed by atoms with Crippen molar-refractivity contribution in [2.24, 2.45) is 0 Å². The topological polar surface area (TPSA) is 26.3 Å². The van der Waals surface area contributed by atoms with Crippen LogP contribution in [0.2, 0.25) is 0 Å². The monoisotopic (exact) mass is 642 g/mol. The normalized spacial score (nSPS) is 12.1. The Morgan fingerprint density at radius 1 is 0.388 bits per heavy atom. The predicted octanol–water partition coefficient (Wildman–Crippen LogP) is 14.0. The highest BCUT2D eigenvalue weighted by molar-refractivity contribution is 7.25. The van der Waals surface area contributed by atoms with Gasteiger partial charge in [0.1, 0.15) is 22.5 Å². The average Bonchev–Trinajstić information content (AvgIpc) is 3.87. The minimum Gasteiger partial charge on any atom is -0.455 e. The third kappa shape index (κ3) is 3.82. The molecule has 0 amide bonds.